The zero-order valence-corrected chi connectivity index (χ0v) is 17.0. The van der Waals surface area contributed by atoms with Crippen molar-refractivity contribution in [3.8, 4) is 0 Å². The summed E-state index contributed by atoms with van der Waals surface area (Å²) in [6, 6.07) is 10.7. The first kappa shape index (κ1) is 19.9. The van der Waals surface area contributed by atoms with Crippen LogP contribution in [0.1, 0.15) is 51.5 Å². The molecule has 1 aromatic rings. The quantitative estimate of drug-likeness (QED) is 0.861. The van der Waals surface area contributed by atoms with Gasteiger partial charge in [0, 0.05) is 25.0 Å². The van der Waals surface area contributed by atoms with Gasteiger partial charge >= 0.3 is 5.97 Å². The molecule has 148 valence electrons. The molecule has 0 radical (unpaired) electrons. The third kappa shape index (κ3) is 3.62. The molecule has 1 N–H and O–H groups in total. The maximum atomic E-state index is 12.6. The van der Waals surface area contributed by atoms with Crippen LogP contribution < -0.4 is 0 Å². The highest BCUT2D eigenvalue weighted by molar-refractivity contribution is 5.81. The Balaban J connectivity index is 1.75. The molecule has 1 amide bonds. The van der Waals surface area contributed by atoms with Crippen LogP contribution in [-0.4, -0.2) is 54.0 Å². The Hall–Kier alpha value is -1.88. The van der Waals surface area contributed by atoms with E-state index >= 15 is 0 Å². The minimum atomic E-state index is -0.909. The van der Waals surface area contributed by atoms with E-state index in [1.807, 2.05) is 0 Å². The SMILES string of the molecule is CN(C)[C@]1(c2ccccc2)CC[C@]2(CC1)CC(=O)N(CC(C)(C)C(=O)O)C2. The van der Waals surface area contributed by atoms with E-state index in [4.69, 9.17) is 0 Å². The summed E-state index contributed by atoms with van der Waals surface area (Å²) in [5.74, 6) is -0.739. The van der Waals surface area contributed by atoms with E-state index in [1.54, 1.807) is 18.7 Å². The number of likely N-dealkylation sites (tertiary alicyclic amines) is 1. The van der Waals surface area contributed by atoms with Crippen LogP contribution in [0.2, 0.25) is 0 Å². The molecule has 0 unspecified atom stereocenters. The molecule has 2 fully saturated rings. The van der Waals surface area contributed by atoms with Crippen LogP contribution in [0.4, 0.5) is 0 Å². The lowest BCUT2D eigenvalue weighted by atomic mass is 9.64. The van der Waals surface area contributed by atoms with E-state index in [0.717, 1.165) is 25.7 Å². The normalized spacial score (nSPS) is 28.9. The average Bonchev–Trinajstić information content (AvgIpc) is 2.91. The van der Waals surface area contributed by atoms with Crippen LogP contribution in [0.3, 0.4) is 0 Å². The molecule has 1 aliphatic carbocycles. The Morgan fingerprint density at radius 1 is 1.15 bits per heavy atom. The molecule has 5 heteroatoms. The van der Waals surface area contributed by atoms with Gasteiger partial charge in [-0.05, 0) is 64.6 Å². The van der Waals surface area contributed by atoms with E-state index in [2.05, 4.69) is 49.3 Å². The molecule has 1 aliphatic heterocycles. The number of aliphatic carboxylic acids is 1. The zero-order valence-electron chi connectivity index (χ0n) is 17.0. The number of carboxylic acids is 1. The van der Waals surface area contributed by atoms with Crippen LogP contribution in [-0.2, 0) is 15.1 Å². The van der Waals surface area contributed by atoms with Crippen molar-refractivity contribution >= 4 is 11.9 Å². The fraction of sp³-hybridized carbons (Fsp3) is 0.636. The second-order valence-electron chi connectivity index (χ2n) is 9.41. The second kappa shape index (κ2) is 6.93. The van der Waals surface area contributed by atoms with Crippen molar-refractivity contribution in [2.75, 3.05) is 27.2 Å². The smallest absolute Gasteiger partial charge is 0.310 e. The monoisotopic (exact) mass is 372 g/mol. The summed E-state index contributed by atoms with van der Waals surface area (Å²) in [5.41, 5.74) is 0.453. The molecule has 3 rings (SSSR count). The lowest BCUT2D eigenvalue weighted by Crippen LogP contribution is -2.47. The van der Waals surface area contributed by atoms with Crippen LogP contribution in [0, 0.1) is 10.8 Å². The van der Waals surface area contributed by atoms with Gasteiger partial charge in [-0.15, -0.1) is 0 Å². The van der Waals surface area contributed by atoms with Crippen LogP contribution in [0.15, 0.2) is 30.3 Å². The predicted molar refractivity (Wildman–Crippen MR) is 105 cm³/mol. The van der Waals surface area contributed by atoms with Gasteiger partial charge in [-0.2, -0.15) is 0 Å². The molecular weight excluding hydrogens is 340 g/mol. The number of amides is 1. The number of carbonyl (C=O) groups is 2. The number of benzene rings is 1. The molecular formula is C22H32N2O3. The highest BCUT2D eigenvalue weighted by Crippen LogP contribution is 2.52. The second-order valence-corrected chi connectivity index (χ2v) is 9.41. The number of hydrogen-bond donors (Lipinski definition) is 1. The number of rotatable bonds is 5. The van der Waals surface area contributed by atoms with E-state index in [-0.39, 0.29) is 16.9 Å². The molecule has 2 aliphatic rings. The van der Waals surface area contributed by atoms with Crippen molar-refractivity contribution in [1.82, 2.24) is 9.80 Å². The van der Waals surface area contributed by atoms with Crippen LogP contribution in [0.5, 0.6) is 0 Å². The highest BCUT2D eigenvalue weighted by Gasteiger charge is 2.51. The fourth-order valence-electron chi connectivity index (χ4n) is 4.94. The molecule has 0 aromatic heterocycles. The van der Waals surface area contributed by atoms with Gasteiger partial charge in [0.05, 0.1) is 5.41 Å². The maximum Gasteiger partial charge on any atom is 0.310 e. The van der Waals surface area contributed by atoms with Gasteiger partial charge in [-0.25, -0.2) is 0 Å². The van der Waals surface area contributed by atoms with E-state index in [0.29, 0.717) is 19.5 Å². The number of carbonyl (C=O) groups excluding carboxylic acids is 1. The van der Waals surface area contributed by atoms with Crippen molar-refractivity contribution in [2.45, 2.75) is 51.5 Å². The van der Waals surface area contributed by atoms with E-state index in [9.17, 15) is 14.7 Å². The third-order valence-corrected chi connectivity index (χ3v) is 6.88. The van der Waals surface area contributed by atoms with E-state index in [1.165, 1.54) is 5.56 Å². The van der Waals surface area contributed by atoms with Gasteiger partial charge in [-0.3, -0.25) is 14.5 Å². The van der Waals surface area contributed by atoms with Crippen molar-refractivity contribution < 1.29 is 14.7 Å². The highest BCUT2D eigenvalue weighted by atomic mass is 16.4. The number of hydrogen-bond acceptors (Lipinski definition) is 3. The maximum absolute atomic E-state index is 12.6. The first-order valence-corrected chi connectivity index (χ1v) is 9.85. The first-order valence-electron chi connectivity index (χ1n) is 9.85. The van der Waals surface area contributed by atoms with Gasteiger partial charge < -0.3 is 10.0 Å². The summed E-state index contributed by atoms with van der Waals surface area (Å²) in [5, 5.41) is 9.40. The Kier molecular flexibility index (Phi) is 5.10. The topological polar surface area (TPSA) is 60.9 Å². The third-order valence-electron chi connectivity index (χ3n) is 6.88. The van der Waals surface area contributed by atoms with E-state index < -0.39 is 11.4 Å². The molecule has 1 saturated heterocycles. The van der Waals surface area contributed by atoms with Gasteiger partial charge in [0.1, 0.15) is 0 Å². The number of nitrogens with zero attached hydrogens (tertiary/aromatic N) is 2. The Labute approximate surface area is 162 Å². The first-order chi connectivity index (χ1) is 12.6. The summed E-state index contributed by atoms with van der Waals surface area (Å²) in [6.45, 7) is 4.38. The Bertz CT molecular complexity index is 704. The Morgan fingerprint density at radius 3 is 2.26 bits per heavy atom. The summed E-state index contributed by atoms with van der Waals surface area (Å²) < 4.78 is 0. The molecule has 1 spiro atoms. The van der Waals surface area contributed by atoms with Crippen LogP contribution >= 0.6 is 0 Å². The zero-order chi connectivity index (χ0) is 19.9. The molecule has 1 heterocycles. The number of carboxylic acid groups (broad SMARTS) is 1. The van der Waals surface area contributed by atoms with Crippen molar-refractivity contribution in [1.29, 1.82) is 0 Å². The van der Waals surface area contributed by atoms with Gasteiger partial charge in [0.25, 0.3) is 0 Å². The summed E-state index contributed by atoms with van der Waals surface area (Å²) >= 11 is 0. The molecule has 1 aromatic carbocycles. The van der Waals surface area contributed by atoms with Gasteiger partial charge in [-0.1, -0.05) is 30.3 Å². The predicted octanol–water partition coefficient (Wildman–Crippen LogP) is 3.35. The minimum Gasteiger partial charge on any atom is -0.481 e. The van der Waals surface area contributed by atoms with Gasteiger partial charge in [0.2, 0.25) is 5.91 Å². The lowest BCUT2D eigenvalue weighted by molar-refractivity contribution is -0.148. The Morgan fingerprint density at radius 2 is 1.74 bits per heavy atom. The summed E-state index contributed by atoms with van der Waals surface area (Å²) in [7, 11) is 4.29. The fourth-order valence-corrected chi connectivity index (χ4v) is 4.94. The summed E-state index contributed by atoms with van der Waals surface area (Å²) in [6.07, 6.45) is 4.59. The summed E-state index contributed by atoms with van der Waals surface area (Å²) in [4.78, 5) is 28.2. The van der Waals surface area contributed by atoms with Crippen LogP contribution in [0.25, 0.3) is 0 Å². The minimum absolute atomic E-state index is 0.0000426. The van der Waals surface area contributed by atoms with Gasteiger partial charge in [0.15, 0.2) is 0 Å². The molecule has 27 heavy (non-hydrogen) atoms. The lowest BCUT2D eigenvalue weighted by Gasteiger charge is -2.49. The van der Waals surface area contributed by atoms with Crippen molar-refractivity contribution in [3.05, 3.63) is 35.9 Å². The largest absolute Gasteiger partial charge is 0.481 e. The molecule has 0 atom stereocenters. The van der Waals surface area contributed by atoms with Crippen molar-refractivity contribution in [2.24, 2.45) is 10.8 Å². The average molecular weight is 373 g/mol. The standard InChI is InChI=1S/C22H32N2O3/c1-20(2,19(26)27)15-24-16-21(14-18(24)25)10-12-22(13-11-21,23(3)4)17-8-6-5-7-9-17/h5-9H,10-16H2,1-4H3,(H,26,27)/t21-,22+. The molecule has 0 bridgehead atoms. The molecule has 5 nitrogen and oxygen atoms in total. The molecule has 1 saturated carbocycles. The van der Waals surface area contributed by atoms with Crippen molar-refractivity contribution in [3.63, 3.8) is 0 Å².